The molecule has 0 saturated carbocycles. The molecule has 0 saturated heterocycles. The first-order chi connectivity index (χ1) is 10.1. The zero-order valence-corrected chi connectivity index (χ0v) is 11.5. The number of aliphatic carboxylic acids is 1. The molecule has 110 valence electrons. The molecule has 0 unspecified atom stereocenters. The van der Waals surface area contributed by atoms with E-state index in [1.54, 1.807) is 0 Å². The van der Waals surface area contributed by atoms with Gasteiger partial charge in [-0.05, 0) is 22.8 Å². The lowest BCUT2D eigenvalue weighted by atomic mass is 10.1. The summed E-state index contributed by atoms with van der Waals surface area (Å²) in [4.78, 5) is 22.2. The third-order valence-electron chi connectivity index (χ3n) is 3.22. The molecule has 5 heteroatoms. The zero-order valence-electron chi connectivity index (χ0n) is 11.5. The number of esters is 1. The number of benzene rings is 2. The Morgan fingerprint density at radius 3 is 2.62 bits per heavy atom. The van der Waals surface area contributed by atoms with Gasteiger partial charge >= 0.3 is 11.9 Å². The Hall–Kier alpha value is -2.40. The molecule has 21 heavy (non-hydrogen) atoms. The summed E-state index contributed by atoms with van der Waals surface area (Å²) in [5, 5.41) is 10.7. The van der Waals surface area contributed by atoms with E-state index >= 15 is 0 Å². The van der Waals surface area contributed by atoms with Gasteiger partial charge in [0.1, 0.15) is 12.6 Å². The SMILES string of the molecule is N[C@@H](CCC(=O)O)C(=O)OCc1cccc2ccccc12. The second kappa shape index (κ2) is 6.85. The van der Waals surface area contributed by atoms with Crippen molar-refractivity contribution in [3.05, 3.63) is 48.0 Å². The monoisotopic (exact) mass is 287 g/mol. The number of ether oxygens (including phenoxy) is 1. The van der Waals surface area contributed by atoms with Crippen molar-refractivity contribution in [2.45, 2.75) is 25.5 Å². The van der Waals surface area contributed by atoms with Gasteiger partial charge < -0.3 is 15.6 Å². The minimum Gasteiger partial charge on any atom is -0.481 e. The maximum atomic E-state index is 11.7. The van der Waals surface area contributed by atoms with E-state index in [1.807, 2.05) is 42.5 Å². The fourth-order valence-corrected chi connectivity index (χ4v) is 2.07. The van der Waals surface area contributed by atoms with Crippen LogP contribution in [0.3, 0.4) is 0 Å². The Bertz CT molecular complexity index is 648. The molecule has 0 spiro atoms. The van der Waals surface area contributed by atoms with E-state index in [0.717, 1.165) is 16.3 Å². The van der Waals surface area contributed by atoms with Crippen LogP contribution in [0, 0.1) is 0 Å². The summed E-state index contributed by atoms with van der Waals surface area (Å²) >= 11 is 0. The van der Waals surface area contributed by atoms with Crippen LogP contribution in [0.2, 0.25) is 0 Å². The van der Waals surface area contributed by atoms with Gasteiger partial charge in [0.15, 0.2) is 0 Å². The molecule has 0 aliphatic heterocycles. The van der Waals surface area contributed by atoms with E-state index in [4.69, 9.17) is 15.6 Å². The smallest absolute Gasteiger partial charge is 0.323 e. The van der Waals surface area contributed by atoms with Gasteiger partial charge in [-0.15, -0.1) is 0 Å². The van der Waals surface area contributed by atoms with Gasteiger partial charge in [0.25, 0.3) is 0 Å². The lowest BCUT2D eigenvalue weighted by Gasteiger charge is -2.11. The Morgan fingerprint density at radius 1 is 1.14 bits per heavy atom. The Morgan fingerprint density at radius 2 is 1.86 bits per heavy atom. The number of rotatable bonds is 6. The second-order valence-electron chi connectivity index (χ2n) is 4.78. The van der Waals surface area contributed by atoms with Crippen molar-refractivity contribution in [1.29, 1.82) is 0 Å². The van der Waals surface area contributed by atoms with E-state index in [2.05, 4.69) is 0 Å². The molecule has 0 aromatic heterocycles. The molecule has 0 aliphatic carbocycles. The van der Waals surface area contributed by atoms with Gasteiger partial charge in [0.2, 0.25) is 0 Å². The Labute approximate surface area is 122 Å². The predicted octanol–water partition coefficient (Wildman–Crippen LogP) is 2.08. The van der Waals surface area contributed by atoms with Crippen LogP contribution in [0.1, 0.15) is 18.4 Å². The lowest BCUT2D eigenvalue weighted by molar-refractivity contribution is -0.147. The quantitative estimate of drug-likeness (QED) is 0.794. The van der Waals surface area contributed by atoms with Crippen molar-refractivity contribution in [1.82, 2.24) is 0 Å². The number of fused-ring (bicyclic) bond motifs is 1. The van der Waals surface area contributed by atoms with Gasteiger partial charge in [-0.25, -0.2) is 0 Å². The van der Waals surface area contributed by atoms with Crippen LogP contribution in [0.4, 0.5) is 0 Å². The average molecular weight is 287 g/mol. The number of hydrogen-bond donors (Lipinski definition) is 2. The summed E-state index contributed by atoms with van der Waals surface area (Å²) in [5.41, 5.74) is 6.50. The van der Waals surface area contributed by atoms with E-state index in [-0.39, 0.29) is 19.4 Å². The van der Waals surface area contributed by atoms with Crippen molar-refractivity contribution in [3.63, 3.8) is 0 Å². The number of carboxylic acids is 1. The van der Waals surface area contributed by atoms with Crippen molar-refractivity contribution in [2.24, 2.45) is 5.73 Å². The molecular formula is C16H17NO4. The molecule has 0 fully saturated rings. The van der Waals surface area contributed by atoms with E-state index in [1.165, 1.54) is 0 Å². The molecule has 0 aliphatic rings. The molecule has 2 aromatic carbocycles. The maximum absolute atomic E-state index is 11.7. The summed E-state index contributed by atoms with van der Waals surface area (Å²) in [6, 6.07) is 12.7. The third-order valence-corrected chi connectivity index (χ3v) is 3.22. The topological polar surface area (TPSA) is 89.6 Å². The highest BCUT2D eigenvalue weighted by Gasteiger charge is 2.16. The first-order valence-electron chi connectivity index (χ1n) is 6.68. The molecule has 1 atom stereocenters. The molecule has 0 amide bonds. The molecule has 5 nitrogen and oxygen atoms in total. The highest BCUT2D eigenvalue weighted by atomic mass is 16.5. The van der Waals surface area contributed by atoms with Gasteiger partial charge in [0, 0.05) is 6.42 Å². The fourth-order valence-electron chi connectivity index (χ4n) is 2.07. The van der Waals surface area contributed by atoms with Crippen LogP contribution >= 0.6 is 0 Å². The summed E-state index contributed by atoms with van der Waals surface area (Å²) in [6.07, 6.45) is -0.0752. The third kappa shape index (κ3) is 4.03. The second-order valence-corrected chi connectivity index (χ2v) is 4.78. The highest BCUT2D eigenvalue weighted by Crippen LogP contribution is 2.19. The number of carbonyl (C=O) groups is 2. The predicted molar refractivity (Wildman–Crippen MR) is 78.6 cm³/mol. The van der Waals surface area contributed by atoms with E-state index in [0.29, 0.717) is 0 Å². The first-order valence-corrected chi connectivity index (χ1v) is 6.68. The maximum Gasteiger partial charge on any atom is 0.323 e. The van der Waals surface area contributed by atoms with Gasteiger partial charge in [-0.3, -0.25) is 9.59 Å². The van der Waals surface area contributed by atoms with Gasteiger partial charge in [-0.2, -0.15) is 0 Å². The standard InChI is InChI=1S/C16H17NO4/c17-14(8-9-15(18)19)16(20)21-10-12-6-3-5-11-4-1-2-7-13(11)12/h1-7,14H,8-10,17H2,(H,18,19)/t14-/m0/s1. The number of carbonyl (C=O) groups excluding carboxylic acids is 1. The van der Waals surface area contributed by atoms with Crippen molar-refractivity contribution in [3.8, 4) is 0 Å². The summed E-state index contributed by atoms with van der Waals surface area (Å²) in [6.45, 7) is 0.126. The molecule has 2 aromatic rings. The Balaban J connectivity index is 1.98. The fraction of sp³-hybridized carbons (Fsp3) is 0.250. The van der Waals surface area contributed by atoms with Crippen LogP contribution in [0.25, 0.3) is 10.8 Å². The molecule has 3 N–H and O–H groups in total. The van der Waals surface area contributed by atoms with Crippen molar-refractivity contribution in [2.75, 3.05) is 0 Å². The number of nitrogens with two attached hydrogens (primary N) is 1. The molecule has 2 rings (SSSR count). The highest BCUT2D eigenvalue weighted by molar-refractivity contribution is 5.86. The minimum atomic E-state index is -0.979. The number of carboxylic acid groups (broad SMARTS) is 1. The molecule has 0 heterocycles. The Kier molecular flexibility index (Phi) is 4.90. The normalized spacial score (nSPS) is 12.0. The average Bonchev–Trinajstić information content (AvgIpc) is 2.50. The minimum absolute atomic E-state index is 0.0731. The molecular weight excluding hydrogens is 270 g/mol. The molecule has 0 radical (unpaired) electrons. The largest absolute Gasteiger partial charge is 0.481 e. The van der Waals surface area contributed by atoms with Gasteiger partial charge in [0.05, 0.1) is 0 Å². The van der Waals surface area contributed by atoms with Crippen LogP contribution in [-0.2, 0) is 20.9 Å². The van der Waals surface area contributed by atoms with Crippen LogP contribution in [-0.4, -0.2) is 23.1 Å². The summed E-state index contributed by atoms with van der Waals surface area (Å²) < 4.78 is 5.17. The van der Waals surface area contributed by atoms with E-state index in [9.17, 15) is 9.59 Å². The zero-order chi connectivity index (χ0) is 15.2. The lowest BCUT2D eigenvalue weighted by Crippen LogP contribution is -2.32. The first kappa shape index (κ1) is 15.0. The number of hydrogen-bond acceptors (Lipinski definition) is 4. The van der Waals surface area contributed by atoms with Crippen LogP contribution < -0.4 is 5.73 Å². The summed E-state index contributed by atoms with van der Waals surface area (Å²) in [5.74, 6) is -1.56. The van der Waals surface area contributed by atoms with E-state index < -0.39 is 18.0 Å². The van der Waals surface area contributed by atoms with Crippen molar-refractivity contribution >= 4 is 22.7 Å². The molecule has 0 bridgehead atoms. The van der Waals surface area contributed by atoms with Crippen LogP contribution in [0.15, 0.2) is 42.5 Å². The van der Waals surface area contributed by atoms with Crippen LogP contribution in [0.5, 0.6) is 0 Å². The summed E-state index contributed by atoms with van der Waals surface area (Å²) in [7, 11) is 0. The van der Waals surface area contributed by atoms with Gasteiger partial charge in [-0.1, -0.05) is 42.5 Å². The van der Waals surface area contributed by atoms with Crippen molar-refractivity contribution < 1.29 is 19.4 Å².